The number of aliphatic hydroxyl groups is 1. The van der Waals surface area contributed by atoms with Gasteiger partial charge < -0.3 is 14.7 Å². The average molecular weight is 488 g/mol. The summed E-state index contributed by atoms with van der Waals surface area (Å²) in [5.41, 5.74) is 2.46. The van der Waals surface area contributed by atoms with Crippen molar-refractivity contribution >= 4 is 31.8 Å². The van der Waals surface area contributed by atoms with Crippen molar-refractivity contribution in [2.45, 2.75) is 13.2 Å². The Hall–Kier alpha value is -1.66. The minimum absolute atomic E-state index is 0.133. The molecular weight excluding hydrogens is 462 g/mol. The van der Waals surface area contributed by atoms with Crippen molar-refractivity contribution < 1.29 is 18.3 Å². The van der Waals surface area contributed by atoms with Gasteiger partial charge in [0.05, 0.1) is 16.8 Å². The van der Waals surface area contributed by atoms with Crippen LogP contribution in [0.3, 0.4) is 0 Å². The first-order valence-electron chi connectivity index (χ1n) is 9.20. The van der Waals surface area contributed by atoms with Crippen molar-refractivity contribution in [1.29, 1.82) is 0 Å². The molecule has 0 saturated carbocycles. The fraction of sp³-hybridized carbons (Fsp3) is 0.500. The fourth-order valence-electron chi connectivity index (χ4n) is 3.16. The molecule has 0 spiro atoms. The van der Waals surface area contributed by atoms with Crippen molar-refractivity contribution in [3.05, 3.63) is 40.1 Å². The van der Waals surface area contributed by atoms with Crippen LogP contribution in [0.4, 0.5) is 5.69 Å². The standard InChI is InChI=1S/C18H26BrN5O4S/c1-21(2)29(26,27)24-10-8-23(9-11-24)14-4-6-15(7-5-14)28-13-17-18(19)16(12-25)20-22(17)3/h4-7,25H,8-13H2,1-3H3. The van der Waals surface area contributed by atoms with E-state index in [1.54, 1.807) is 18.8 Å². The van der Waals surface area contributed by atoms with Gasteiger partial charge in [0.2, 0.25) is 0 Å². The maximum atomic E-state index is 12.2. The molecule has 0 aliphatic carbocycles. The summed E-state index contributed by atoms with van der Waals surface area (Å²) in [6, 6.07) is 7.75. The predicted octanol–water partition coefficient (Wildman–Crippen LogP) is 1.18. The Kier molecular flexibility index (Phi) is 6.84. The number of hydrogen-bond acceptors (Lipinski definition) is 6. The molecule has 0 bridgehead atoms. The van der Waals surface area contributed by atoms with Crippen LogP contribution in [0.2, 0.25) is 0 Å². The molecule has 0 amide bonds. The van der Waals surface area contributed by atoms with E-state index in [-0.39, 0.29) is 6.61 Å². The van der Waals surface area contributed by atoms with Gasteiger partial charge in [-0.1, -0.05) is 0 Å². The Labute approximate surface area is 179 Å². The first-order chi connectivity index (χ1) is 13.7. The SMILES string of the molecule is CN(C)S(=O)(=O)N1CCN(c2ccc(OCc3c(Br)c(CO)nn3C)cc2)CC1. The average Bonchev–Trinajstić information content (AvgIpc) is 2.99. The predicted molar refractivity (Wildman–Crippen MR) is 114 cm³/mol. The Bertz CT molecular complexity index is 938. The third-order valence-corrected chi connectivity index (χ3v) is 7.78. The number of aromatic nitrogens is 2. The van der Waals surface area contributed by atoms with Gasteiger partial charge in [0.15, 0.2) is 0 Å². The van der Waals surface area contributed by atoms with Crippen molar-refractivity contribution in [2.24, 2.45) is 7.05 Å². The van der Waals surface area contributed by atoms with E-state index in [1.807, 2.05) is 31.3 Å². The number of halogens is 1. The van der Waals surface area contributed by atoms with Crippen LogP contribution in [-0.2, 0) is 30.5 Å². The van der Waals surface area contributed by atoms with E-state index in [0.29, 0.717) is 38.5 Å². The summed E-state index contributed by atoms with van der Waals surface area (Å²) in [5.74, 6) is 0.723. The Morgan fingerprint density at radius 2 is 1.79 bits per heavy atom. The Balaban J connectivity index is 1.58. The van der Waals surface area contributed by atoms with Crippen LogP contribution in [0.1, 0.15) is 11.4 Å². The third-order valence-electron chi connectivity index (χ3n) is 4.92. The number of nitrogens with zero attached hydrogens (tertiary/aromatic N) is 5. The van der Waals surface area contributed by atoms with Crippen LogP contribution in [0.25, 0.3) is 0 Å². The van der Waals surface area contributed by atoms with E-state index >= 15 is 0 Å². The third kappa shape index (κ3) is 4.75. The lowest BCUT2D eigenvalue weighted by molar-refractivity contribution is 0.275. The number of anilines is 1. The molecule has 0 atom stereocenters. The van der Waals surface area contributed by atoms with Gasteiger partial charge in [0.25, 0.3) is 10.2 Å². The van der Waals surface area contributed by atoms with Crippen LogP contribution in [0, 0.1) is 0 Å². The van der Waals surface area contributed by atoms with Crippen molar-refractivity contribution in [2.75, 3.05) is 45.2 Å². The quantitative estimate of drug-likeness (QED) is 0.630. The molecule has 11 heteroatoms. The second-order valence-corrected chi connectivity index (χ2v) is 9.88. The highest BCUT2D eigenvalue weighted by Crippen LogP contribution is 2.25. The number of aryl methyl sites for hydroxylation is 1. The van der Waals surface area contributed by atoms with E-state index in [2.05, 4.69) is 25.9 Å². The summed E-state index contributed by atoms with van der Waals surface area (Å²) < 4.78 is 35.5. The summed E-state index contributed by atoms with van der Waals surface area (Å²) in [6.07, 6.45) is 0. The zero-order chi connectivity index (χ0) is 21.2. The summed E-state index contributed by atoms with van der Waals surface area (Å²) in [4.78, 5) is 2.16. The topological polar surface area (TPSA) is 91.1 Å². The number of hydrogen-bond donors (Lipinski definition) is 1. The maximum Gasteiger partial charge on any atom is 0.281 e. The molecule has 9 nitrogen and oxygen atoms in total. The molecule has 1 aromatic heterocycles. The van der Waals surface area contributed by atoms with Gasteiger partial charge in [-0.25, -0.2) is 0 Å². The molecule has 3 rings (SSSR count). The molecule has 1 fully saturated rings. The van der Waals surface area contributed by atoms with Crippen molar-refractivity contribution in [1.82, 2.24) is 18.4 Å². The minimum Gasteiger partial charge on any atom is -0.487 e. The summed E-state index contributed by atoms with van der Waals surface area (Å²) >= 11 is 3.45. The number of ether oxygens (including phenoxy) is 1. The van der Waals surface area contributed by atoms with Crippen LogP contribution >= 0.6 is 15.9 Å². The Morgan fingerprint density at radius 1 is 1.17 bits per heavy atom. The highest BCUT2D eigenvalue weighted by molar-refractivity contribution is 9.10. The van der Waals surface area contributed by atoms with E-state index < -0.39 is 10.2 Å². The first-order valence-corrected chi connectivity index (χ1v) is 11.4. The molecule has 1 N–H and O–H groups in total. The molecule has 2 heterocycles. The molecule has 1 aliphatic rings. The molecule has 1 aliphatic heterocycles. The molecule has 1 saturated heterocycles. The van der Waals surface area contributed by atoms with Gasteiger partial charge in [-0.2, -0.15) is 22.1 Å². The van der Waals surface area contributed by atoms with E-state index in [4.69, 9.17) is 4.74 Å². The Morgan fingerprint density at radius 3 is 2.31 bits per heavy atom. The van der Waals surface area contributed by atoms with E-state index in [1.165, 1.54) is 8.61 Å². The van der Waals surface area contributed by atoms with E-state index in [0.717, 1.165) is 21.6 Å². The molecule has 1 aromatic carbocycles. The lowest BCUT2D eigenvalue weighted by atomic mass is 10.2. The smallest absolute Gasteiger partial charge is 0.281 e. The molecule has 2 aromatic rings. The molecular formula is C18H26BrN5O4S. The van der Waals surface area contributed by atoms with E-state index in [9.17, 15) is 13.5 Å². The van der Waals surface area contributed by atoms with Crippen LogP contribution in [-0.4, -0.2) is 72.2 Å². The lowest BCUT2D eigenvalue weighted by Crippen LogP contribution is -2.51. The summed E-state index contributed by atoms with van der Waals surface area (Å²) in [5, 5.41) is 13.5. The van der Waals surface area contributed by atoms with Gasteiger partial charge >= 0.3 is 0 Å². The summed E-state index contributed by atoms with van der Waals surface area (Å²) in [7, 11) is 1.55. The normalized spacial score (nSPS) is 15.9. The zero-order valence-electron chi connectivity index (χ0n) is 16.7. The lowest BCUT2D eigenvalue weighted by Gasteiger charge is -2.36. The first kappa shape index (κ1) is 22.0. The van der Waals surface area contributed by atoms with Crippen molar-refractivity contribution in [3.8, 4) is 5.75 Å². The largest absolute Gasteiger partial charge is 0.487 e. The highest BCUT2D eigenvalue weighted by atomic mass is 79.9. The monoisotopic (exact) mass is 487 g/mol. The van der Waals surface area contributed by atoms with Gasteiger partial charge in [-0.15, -0.1) is 0 Å². The second kappa shape index (κ2) is 9.00. The van der Waals surface area contributed by atoms with Gasteiger partial charge in [-0.05, 0) is 40.2 Å². The van der Waals surface area contributed by atoms with Gasteiger partial charge in [-0.3, -0.25) is 4.68 Å². The van der Waals surface area contributed by atoms with Gasteiger partial charge in [0.1, 0.15) is 18.1 Å². The van der Waals surface area contributed by atoms with Crippen LogP contribution in [0.5, 0.6) is 5.75 Å². The zero-order valence-corrected chi connectivity index (χ0v) is 19.1. The number of benzene rings is 1. The summed E-state index contributed by atoms with van der Waals surface area (Å²) in [6.45, 7) is 2.38. The molecule has 0 unspecified atom stereocenters. The highest BCUT2D eigenvalue weighted by Gasteiger charge is 2.28. The van der Waals surface area contributed by atoms with Gasteiger partial charge in [0, 0.05) is 53.0 Å². The molecule has 0 radical (unpaired) electrons. The number of aliphatic hydroxyl groups excluding tert-OH is 1. The number of rotatable bonds is 7. The number of piperazine rings is 1. The minimum atomic E-state index is -3.36. The second-order valence-electron chi connectivity index (χ2n) is 6.95. The fourth-order valence-corrected chi connectivity index (χ4v) is 4.83. The molecule has 160 valence electrons. The van der Waals surface area contributed by atoms with Crippen LogP contribution in [0.15, 0.2) is 28.7 Å². The maximum absolute atomic E-state index is 12.2. The molecule has 29 heavy (non-hydrogen) atoms. The van der Waals surface area contributed by atoms with Crippen LogP contribution < -0.4 is 9.64 Å². The van der Waals surface area contributed by atoms with Crippen molar-refractivity contribution in [3.63, 3.8) is 0 Å².